The molecule has 0 aromatic rings. The molecule has 0 unspecified atom stereocenters. The zero-order valence-corrected chi connectivity index (χ0v) is 13.3. The van der Waals surface area contributed by atoms with Crippen molar-refractivity contribution in [1.29, 1.82) is 0 Å². The molecule has 0 spiro atoms. The average Bonchev–Trinajstić information content (AvgIpc) is 2.26. The van der Waals surface area contributed by atoms with Crippen LogP contribution in [0.15, 0.2) is 0 Å². The van der Waals surface area contributed by atoms with E-state index in [2.05, 4.69) is 29.4 Å². The Hall–Kier alpha value is -0.770. The lowest BCUT2D eigenvalue weighted by atomic mass is 10.0. The first kappa shape index (κ1) is 16.3. The van der Waals surface area contributed by atoms with Crippen molar-refractivity contribution >= 4 is 6.03 Å². The Balaban J connectivity index is 2.36. The maximum Gasteiger partial charge on any atom is 0.315 e. The first-order valence-corrected chi connectivity index (χ1v) is 7.61. The maximum atomic E-state index is 11.9. The topological polar surface area (TPSA) is 44.4 Å². The molecule has 2 N–H and O–H groups in total. The smallest absolute Gasteiger partial charge is 0.315 e. The highest BCUT2D eigenvalue weighted by Gasteiger charge is 2.23. The van der Waals surface area contributed by atoms with E-state index in [1.54, 1.807) is 0 Å². The predicted octanol–water partition coefficient (Wildman–Crippen LogP) is 2.59. The number of amides is 2. The minimum absolute atomic E-state index is 0.0390. The lowest BCUT2D eigenvalue weighted by molar-refractivity contribution is 0.165. The Bertz CT molecular complexity index is 286. The molecule has 0 aliphatic carbocycles. The summed E-state index contributed by atoms with van der Waals surface area (Å²) in [7, 11) is 0. The highest BCUT2D eigenvalue weighted by Crippen LogP contribution is 2.13. The summed E-state index contributed by atoms with van der Waals surface area (Å²) in [6.45, 7) is 13.8. The van der Waals surface area contributed by atoms with E-state index in [1.165, 1.54) is 19.4 Å². The van der Waals surface area contributed by atoms with Crippen molar-refractivity contribution in [2.75, 3.05) is 19.6 Å². The second-order valence-corrected chi connectivity index (χ2v) is 6.96. The fourth-order valence-electron chi connectivity index (χ4n) is 2.47. The molecular formula is C15H31N3O. The fraction of sp³-hybridized carbons (Fsp3) is 0.933. The molecule has 4 nitrogen and oxygen atoms in total. The van der Waals surface area contributed by atoms with Crippen molar-refractivity contribution in [3.05, 3.63) is 0 Å². The quantitative estimate of drug-likeness (QED) is 0.824. The van der Waals surface area contributed by atoms with E-state index >= 15 is 0 Å². The van der Waals surface area contributed by atoms with Crippen LogP contribution in [0.25, 0.3) is 0 Å². The van der Waals surface area contributed by atoms with Gasteiger partial charge in [-0.15, -0.1) is 0 Å². The van der Waals surface area contributed by atoms with Crippen LogP contribution in [0.1, 0.15) is 53.9 Å². The van der Waals surface area contributed by atoms with E-state index < -0.39 is 0 Å². The monoisotopic (exact) mass is 269 g/mol. The number of nitrogens with one attached hydrogen (secondary N) is 2. The maximum absolute atomic E-state index is 11.9. The molecule has 0 aromatic heterocycles. The third-order valence-corrected chi connectivity index (χ3v) is 3.60. The van der Waals surface area contributed by atoms with Crippen LogP contribution in [0.3, 0.4) is 0 Å². The Kier molecular flexibility index (Phi) is 6.11. The van der Waals surface area contributed by atoms with E-state index in [-0.39, 0.29) is 11.6 Å². The highest BCUT2D eigenvalue weighted by atomic mass is 16.2. The molecule has 1 saturated heterocycles. The zero-order valence-electron chi connectivity index (χ0n) is 13.3. The molecule has 0 aromatic carbocycles. The number of nitrogens with zero attached hydrogens (tertiary/aromatic N) is 1. The molecule has 1 aliphatic rings. The normalized spacial score (nSPS) is 22.9. The second-order valence-electron chi connectivity index (χ2n) is 6.96. The second kappa shape index (κ2) is 7.13. The van der Waals surface area contributed by atoms with Crippen LogP contribution in [0.4, 0.5) is 4.79 Å². The lowest BCUT2D eigenvalue weighted by Gasteiger charge is -2.35. The summed E-state index contributed by atoms with van der Waals surface area (Å²) in [6.07, 6.45) is 3.49. The van der Waals surface area contributed by atoms with Gasteiger partial charge in [-0.3, -0.25) is 0 Å². The molecule has 0 radical (unpaired) electrons. The minimum Gasteiger partial charge on any atom is -0.334 e. The molecule has 4 heteroatoms. The van der Waals surface area contributed by atoms with E-state index in [1.807, 2.05) is 20.8 Å². The van der Waals surface area contributed by atoms with Crippen molar-refractivity contribution in [2.24, 2.45) is 5.92 Å². The summed E-state index contributed by atoms with van der Waals surface area (Å²) in [5, 5.41) is 6.07. The van der Waals surface area contributed by atoms with Crippen molar-refractivity contribution in [1.82, 2.24) is 15.5 Å². The van der Waals surface area contributed by atoms with Crippen LogP contribution in [-0.4, -0.2) is 42.1 Å². The van der Waals surface area contributed by atoms with Crippen LogP contribution >= 0.6 is 0 Å². The fourth-order valence-corrected chi connectivity index (χ4v) is 2.47. The van der Waals surface area contributed by atoms with Gasteiger partial charge in [-0.1, -0.05) is 20.3 Å². The molecule has 19 heavy (non-hydrogen) atoms. The largest absolute Gasteiger partial charge is 0.334 e. The standard InChI is InChI=1S/C15H31N3O/c1-6-12(2)10-18-9-7-8-13(11-18)16-14(19)17-15(3,4)5/h12-13H,6-11H2,1-5H3,(H2,16,17,19)/t12-,13+/m0/s1. The van der Waals surface area contributed by atoms with E-state index in [4.69, 9.17) is 0 Å². The zero-order chi connectivity index (χ0) is 14.5. The van der Waals surface area contributed by atoms with Gasteiger partial charge in [0.15, 0.2) is 0 Å². The molecule has 0 bridgehead atoms. The first-order chi connectivity index (χ1) is 8.80. The molecule has 1 heterocycles. The van der Waals surface area contributed by atoms with Gasteiger partial charge < -0.3 is 15.5 Å². The van der Waals surface area contributed by atoms with Crippen LogP contribution in [0.5, 0.6) is 0 Å². The number of piperidine rings is 1. The molecule has 1 fully saturated rings. The van der Waals surface area contributed by atoms with Gasteiger partial charge in [0.05, 0.1) is 0 Å². The summed E-state index contributed by atoms with van der Waals surface area (Å²) in [5.74, 6) is 0.738. The van der Waals surface area contributed by atoms with Gasteiger partial charge in [0, 0.05) is 24.7 Å². The number of urea groups is 1. The summed E-state index contributed by atoms with van der Waals surface area (Å²) in [5.41, 5.74) is -0.171. The third-order valence-electron chi connectivity index (χ3n) is 3.60. The van der Waals surface area contributed by atoms with Gasteiger partial charge in [-0.25, -0.2) is 4.79 Å². The number of carbonyl (C=O) groups excluding carboxylic acids is 1. The van der Waals surface area contributed by atoms with Crippen LogP contribution in [0, 0.1) is 5.92 Å². The summed E-state index contributed by atoms with van der Waals surface area (Å²) >= 11 is 0. The molecule has 1 rings (SSSR count). The number of likely N-dealkylation sites (tertiary alicyclic amines) is 1. The van der Waals surface area contributed by atoms with Crippen molar-refractivity contribution in [3.63, 3.8) is 0 Å². The average molecular weight is 269 g/mol. The van der Waals surface area contributed by atoms with Gasteiger partial charge in [-0.05, 0) is 46.1 Å². The minimum atomic E-state index is -0.171. The number of carbonyl (C=O) groups is 1. The molecule has 0 saturated carbocycles. The van der Waals surface area contributed by atoms with Crippen molar-refractivity contribution in [2.45, 2.75) is 65.5 Å². The van der Waals surface area contributed by atoms with E-state index in [9.17, 15) is 4.79 Å². The molecule has 1 aliphatic heterocycles. The SMILES string of the molecule is CC[C@H](C)CN1CCC[C@@H](NC(=O)NC(C)(C)C)C1. The summed E-state index contributed by atoms with van der Waals surface area (Å²) in [6, 6.07) is 0.253. The lowest BCUT2D eigenvalue weighted by Crippen LogP contribution is -2.54. The van der Waals surface area contributed by atoms with Crippen LogP contribution in [0.2, 0.25) is 0 Å². The predicted molar refractivity (Wildman–Crippen MR) is 80.3 cm³/mol. The Morgan fingerprint density at radius 1 is 1.42 bits per heavy atom. The van der Waals surface area contributed by atoms with Crippen molar-refractivity contribution < 1.29 is 4.79 Å². The number of hydrogen-bond donors (Lipinski definition) is 2. The van der Waals surface area contributed by atoms with E-state index in [0.29, 0.717) is 6.04 Å². The van der Waals surface area contributed by atoms with Gasteiger partial charge >= 0.3 is 6.03 Å². The molecule has 112 valence electrons. The highest BCUT2D eigenvalue weighted by molar-refractivity contribution is 5.75. The van der Waals surface area contributed by atoms with Gasteiger partial charge in [0.2, 0.25) is 0 Å². The van der Waals surface area contributed by atoms with E-state index in [0.717, 1.165) is 25.4 Å². The van der Waals surface area contributed by atoms with Crippen LogP contribution < -0.4 is 10.6 Å². The third kappa shape index (κ3) is 6.81. The van der Waals surface area contributed by atoms with Crippen molar-refractivity contribution in [3.8, 4) is 0 Å². The Labute approximate surface area is 118 Å². The Morgan fingerprint density at radius 2 is 2.11 bits per heavy atom. The molecule has 2 amide bonds. The Morgan fingerprint density at radius 3 is 2.68 bits per heavy atom. The van der Waals surface area contributed by atoms with Gasteiger partial charge in [-0.2, -0.15) is 0 Å². The molecule has 2 atom stereocenters. The summed E-state index contributed by atoms with van der Waals surface area (Å²) < 4.78 is 0. The van der Waals surface area contributed by atoms with Crippen LogP contribution in [-0.2, 0) is 0 Å². The van der Waals surface area contributed by atoms with Gasteiger partial charge in [0.1, 0.15) is 0 Å². The number of rotatable bonds is 4. The number of hydrogen-bond acceptors (Lipinski definition) is 2. The first-order valence-electron chi connectivity index (χ1n) is 7.61. The van der Waals surface area contributed by atoms with Gasteiger partial charge in [0.25, 0.3) is 0 Å². The summed E-state index contributed by atoms with van der Waals surface area (Å²) in [4.78, 5) is 14.4. The molecular weight excluding hydrogens is 238 g/mol.